The molecule has 2 aliphatic carbocycles. The summed E-state index contributed by atoms with van der Waals surface area (Å²) in [7, 11) is 0. The highest BCUT2D eigenvalue weighted by atomic mass is 35.5. The standard InChI is InChI=1S/C29H33N5O2.C22H26ClN5O/c1-18-12-20(10-11-22(18)27(36)13-19-8-9-19)26-15-31-28-25(32-17-29(2,3)30)14-24(33-34(26)28)23-7-5-4-6-21(23)16-35;1-13-8-15(6-7-16(13)19(29)9-14-4-5-14)18-11-25-21-17(26-12-22(2,3)24)10-20(23)27-28(18)21/h4-7,10-12,14-15,19,32,35H,8-9,13,16-17,30H2,1-3H3;6-8,10-11,14,26H,4-5,9,12,24H2,1-3H3. The first-order chi connectivity index (χ1) is 30.9. The van der Waals surface area contributed by atoms with Gasteiger partial charge in [-0.15, -0.1) is 0 Å². The Morgan fingerprint density at radius 1 is 0.708 bits per heavy atom. The van der Waals surface area contributed by atoms with Crippen LogP contribution in [0.1, 0.15) is 104 Å². The van der Waals surface area contributed by atoms with Crippen molar-refractivity contribution in [3.63, 3.8) is 0 Å². The molecule has 65 heavy (non-hydrogen) atoms. The predicted molar refractivity (Wildman–Crippen MR) is 260 cm³/mol. The molecule has 2 saturated carbocycles. The van der Waals surface area contributed by atoms with Crippen LogP contribution in [0, 0.1) is 25.7 Å². The number of aliphatic hydroxyl groups is 1. The summed E-state index contributed by atoms with van der Waals surface area (Å²) in [6, 6.07) is 23.2. The predicted octanol–water partition coefficient (Wildman–Crippen LogP) is 9.49. The second-order valence-corrected chi connectivity index (χ2v) is 19.7. The van der Waals surface area contributed by atoms with E-state index in [1.54, 1.807) is 16.8 Å². The van der Waals surface area contributed by atoms with E-state index in [1.807, 2.05) is 119 Å². The number of aryl methyl sites for hydroxylation is 2. The molecule has 13 nitrogen and oxygen atoms in total. The van der Waals surface area contributed by atoms with Gasteiger partial charge in [-0.05, 0) is 114 Å². The van der Waals surface area contributed by atoms with E-state index < -0.39 is 5.54 Å². The Hall–Kier alpha value is -5.99. The van der Waals surface area contributed by atoms with Crippen LogP contribution < -0.4 is 22.1 Å². The Labute approximate surface area is 385 Å². The average Bonchev–Trinajstić information content (AvgIpc) is 4.18. The number of nitrogens with zero attached hydrogens (tertiary/aromatic N) is 6. The Morgan fingerprint density at radius 3 is 1.65 bits per heavy atom. The molecular weight excluding hydrogens is 836 g/mol. The number of hydrogen-bond acceptors (Lipinski definition) is 11. The van der Waals surface area contributed by atoms with Crippen molar-refractivity contribution in [2.75, 3.05) is 23.7 Å². The summed E-state index contributed by atoms with van der Waals surface area (Å²) in [4.78, 5) is 34.5. The molecule has 3 aromatic carbocycles. The Balaban J connectivity index is 0.000000181. The number of hydrogen-bond donors (Lipinski definition) is 5. The molecule has 0 spiro atoms. The van der Waals surface area contributed by atoms with Gasteiger partial charge in [0.2, 0.25) is 0 Å². The molecule has 9 rings (SSSR count). The van der Waals surface area contributed by atoms with Crippen molar-refractivity contribution >= 4 is 45.8 Å². The molecule has 0 unspecified atom stereocenters. The monoisotopic (exact) mass is 894 g/mol. The first-order valence-corrected chi connectivity index (χ1v) is 22.8. The molecule has 338 valence electrons. The maximum atomic E-state index is 12.7. The van der Waals surface area contributed by atoms with Gasteiger partial charge in [-0.2, -0.15) is 10.2 Å². The number of carbonyl (C=O) groups excluding carboxylic acids is 2. The van der Waals surface area contributed by atoms with Crippen molar-refractivity contribution < 1.29 is 14.7 Å². The third-order valence-electron chi connectivity index (χ3n) is 11.8. The second-order valence-electron chi connectivity index (χ2n) is 19.3. The van der Waals surface area contributed by atoms with Gasteiger partial charge in [-0.1, -0.05) is 60.1 Å². The number of aliphatic hydroxyl groups excluding tert-OH is 1. The van der Waals surface area contributed by atoms with Gasteiger partial charge in [0.1, 0.15) is 0 Å². The average molecular weight is 896 g/mol. The Morgan fingerprint density at radius 2 is 1.18 bits per heavy atom. The summed E-state index contributed by atoms with van der Waals surface area (Å²) in [5.41, 5.74) is 23.9. The van der Waals surface area contributed by atoms with Gasteiger partial charge >= 0.3 is 0 Å². The van der Waals surface area contributed by atoms with Crippen molar-refractivity contribution in [1.29, 1.82) is 0 Å². The van der Waals surface area contributed by atoms with E-state index >= 15 is 0 Å². The largest absolute Gasteiger partial charge is 0.392 e. The summed E-state index contributed by atoms with van der Waals surface area (Å²) < 4.78 is 3.56. The van der Waals surface area contributed by atoms with Crippen molar-refractivity contribution in [2.24, 2.45) is 23.3 Å². The smallest absolute Gasteiger partial charge is 0.177 e. The maximum absolute atomic E-state index is 12.7. The van der Waals surface area contributed by atoms with Crippen LogP contribution in [0.25, 0.3) is 45.1 Å². The third kappa shape index (κ3) is 10.9. The lowest BCUT2D eigenvalue weighted by molar-refractivity contribution is 0.0967. The number of rotatable bonds is 16. The summed E-state index contributed by atoms with van der Waals surface area (Å²) in [6.07, 6.45) is 9.55. The van der Waals surface area contributed by atoms with Gasteiger partial charge in [0, 0.05) is 70.9 Å². The number of Topliss-reactive ketones (excluding diaryl/α,β-unsaturated/α-hetero) is 2. The number of ketones is 2. The van der Waals surface area contributed by atoms with Gasteiger partial charge < -0.3 is 27.2 Å². The molecule has 7 N–H and O–H groups in total. The fourth-order valence-electron chi connectivity index (χ4n) is 7.91. The SMILES string of the molecule is Cc1cc(-c2cnc3c(NCC(C)(C)N)cc(-c4ccccc4CO)nn23)ccc1C(=O)CC1CC1.Cc1cc(-c2cnc3c(NCC(C)(C)N)cc(Cl)nn23)ccc1C(=O)CC1CC1. The number of nitrogens with two attached hydrogens (primary N) is 2. The minimum Gasteiger partial charge on any atom is -0.392 e. The van der Waals surface area contributed by atoms with Gasteiger partial charge in [0.15, 0.2) is 28.0 Å². The van der Waals surface area contributed by atoms with Crippen LogP contribution in [0.4, 0.5) is 11.4 Å². The highest BCUT2D eigenvalue weighted by Crippen LogP contribution is 2.36. The zero-order valence-corrected chi connectivity index (χ0v) is 38.8. The normalized spacial score (nSPS) is 14.1. The fraction of sp³-hybridized carbons (Fsp3) is 0.373. The van der Waals surface area contributed by atoms with E-state index in [0.717, 1.165) is 85.8 Å². The quantitative estimate of drug-likeness (QED) is 0.0581. The van der Waals surface area contributed by atoms with E-state index in [1.165, 1.54) is 12.8 Å². The first kappa shape index (κ1) is 45.6. The zero-order chi connectivity index (χ0) is 46.2. The molecule has 0 saturated heterocycles. The molecule has 0 bridgehead atoms. The number of benzene rings is 3. The first-order valence-electron chi connectivity index (χ1n) is 22.4. The molecular formula is C51H59ClN10O3. The van der Waals surface area contributed by atoms with E-state index in [4.69, 9.17) is 28.2 Å². The highest BCUT2D eigenvalue weighted by molar-refractivity contribution is 6.29. The van der Waals surface area contributed by atoms with E-state index in [2.05, 4.69) is 25.7 Å². The summed E-state index contributed by atoms with van der Waals surface area (Å²) in [5, 5.41) is 26.4. The number of carbonyl (C=O) groups is 2. The molecule has 2 aliphatic rings. The molecule has 0 atom stereocenters. The molecule has 14 heteroatoms. The Bertz CT molecular complexity index is 2900. The number of imidazole rings is 2. The molecule has 0 aliphatic heterocycles. The molecule has 0 amide bonds. The highest BCUT2D eigenvalue weighted by Gasteiger charge is 2.27. The van der Waals surface area contributed by atoms with Gasteiger partial charge in [0.05, 0.1) is 47.5 Å². The lowest BCUT2D eigenvalue weighted by Gasteiger charge is -2.20. The van der Waals surface area contributed by atoms with Gasteiger partial charge in [-0.25, -0.2) is 19.0 Å². The lowest BCUT2D eigenvalue weighted by atomic mass is 9.98. The van der Waals surface area contributed by atoms with Crippen LogP contribution in [0.2, 0.25) is 5.15 Å². The number of nitrogens with one attached hydrogen (secondary N) is 2. The van der Waals surface area contributed by atoms with Crippen LogP contribution in [-0.2, 0) is 6.61 Å². The molecule has 2 fully saturated rings. The minimum atomic E-state index is -0.418. The van der Waals surface area contributed by atoms with Crippen LogP contribution in [0.15, 0.2) is 85.2 Å². The van der Waals surface area contributed by atoms with Gasteiger partial charge in [0.25, 0.3) is 0 Å². The zero-order valence-electron chi connectivity index (χ0n) is 38.1. The molecule has 4 aromatic heterocycles. The minimum absolute atomic E-state index is 0.0825. The summed E-state index contributed by atoms with van der Waals surface area (Å²) in [5.74, 6) is 1.59. The topological polar surface area (TPSA) is 191 Å². The molecule has 7 aromatic rings. The summed E-state index contributed by atoms with van der Waals surface area (Å²) >= 11 is 6.27. The number of fused-ring (bicyclic) bond motifs is 2. The van der Waals surface area contributed by atoms with E-state index in [-0.39, 0.29) is 23.7 Å². The van der Waals surface area contributed by atoms with Gasteiger partial charge in [-0.3, -0.25) is 9.59 Å². The molecule has 0 radical (unpaired) electrons. The van der Waals surface area contributed by atoms with Crippen LogP contribution in [-0.4, -0.2) is 70.0 Å². The number of aromatic nitrogens is 6. The lowest BCUT2D eigenvalue weighted by Crippen LogP contribution is -2.39. The van der Waals surface area contributed by atoms with E-state index in [0.29, 0.717) is 54.2 Å². The number of anilines is 2. The Kier molecular flexibility index (Phi) is 13.0. The second kappa shape index (κ2) is 18.5. The van der Waals surface area contributed by atoms with E-state index in [9.17, 15) is 14.7 Å². The van der Waals surface area contributed by atoms with Crippen molar-refractivity contribution in [3.05, 3.63) is 118 Å². The molecule has 4 heterocycles. The summed E-state index contributed by atoms with van der Waals surface area (Å²) in [6.45, 7) is 12.8. The van der Waals surface area contributed by atoms with Crippen LogP contribution >= 0.6 is 11.6 Å². The fourth-order valence-corrected chi connectivity index (χ4v) is 8.09. The third-order valence-corrected chi connectivity index (χ3v) is 12.0. The maximum Gasteiger partial charge on any atom is 0.177 e. The van der Waals surface area contributed by atoms with Crippen molar-refractivity contribution in [2.45, 2.75) is 97.8 Å². The van der Waals surface area contributed by atoms with Crippen molar-refractivity contribution in [1.82, 2.24) is 29.2 Å². The van der Waals surface area contributed by atoms with Crippen LogP contribution in [0.3, 0.4) is 0 Å². The van der Waals surface area contributed by atoms with Crippen molar-refractivity contribution in [3.8, 4) is 33.8 Å². The number of halogens is 1. The van der Waals surface area contributed by atoms with Crippen LogP contribution in [0.5, 0.6) is 0 Å².